The molecule has 0 aliphatic carbocycles. The van der Waals surface area contributed by atoms with E-state index in [9.17, 15) is 14.4 Å². The van der Waals surface area contributed by atoms with Crippen molar-refractivity contribution in [3.05, 3.63) is 150 Å². The number of fused-ring (bicyclic) bond motifs is 1. The molecule has 240 valence electrons. The molecule has 0 radical (unpaired) electrons. The second-order valence-corrected chi connectivity index (χ2v) is 11.8. The van der Waals surface area contributed by atoms with Crippen molar-refractivity contribution < 1.29 is 28.6 Å². The van der Waals surface area contributed by atoms with Gasteiger partial charge in [0.25, 0.3) is 11.8 Å². The molecular formula is C38H31N3O6S. The lowest BCUT2D eigenvalue weighted by molar-refractivity contribution is -0.116. The lowest BCUT2D eigenvalue weighted by atomic mass is 10.1. The molecular weight excluding hydrogens is 626 g/mol. The summed E-state index contributed by atoms with van der Waals surface area (Å²) in [6.07, 6.45) is 1.60. The maximum Gasteiger partial charge on any atom is 0.272 e. The minimum atomic E-state index is -0.565. The SMILES string of the molecule is COc1ccc(/C=C(\NC(=O)c2ccccc2)C(=O)Nc2ccc(SC(C(=O)Nc3ccc4c(c3)OCO4)c3ccccc3)cc2)cc1. The van der Waals surface area contributed by atoms with Crippen molar-refractivity contribution in [1.29, 1.82) is 0 Å². The number of methoxy groups -OCH3 is 1. The predicted molar refractivity (Wildman–Crippen MR) is 186 cm³/mol. The molecule has 3 amide bonds. The number of rotatable bonds is 11. The van der Waals surface area contributed by atoms with E-state index in [1.807, 2.05) is 48.5 Å². The molecule has 48 heavy (non-hydrogen) atoms. The molecule has 5 aromatic rings. The van der Waals surface area contributed by atoms with Crippen molar-refractivity contribution in [1.82, 2.24) is 5.32 Å². The average Bonchev–Trinajstić information content (AvgIpc) is 3.60. The monoisotopic (exact) mass is 657 g/mol. The van der Waals surface area contributed by atoms with E-state index < -0.39 is 17.1 Å². The van der Waals surface area contributed by atoms with E-state index in [4.69, 9.17) is 14.2 Å². The molecule has 5 aromatic carbocycles. The highest BCUT2D eigenvalue weighted by atomic mass is 32.2. The molecule has 1 unspecified atom stereocenters. The molecule has 1 aliphatic heterocycles. The van der Waals surface area contributed by atoms with Crippen LogP contribution in [0.25, 0.3) is 6.08 Å². The van der Waals surface area contributed by atoms with Crippen LogP contribution in [0.15, 0.2) is 138 Å². The highest BCUT2D eigenvalue weighted by Gasteiger charge is 2.24. The van der Waals surface area contributed by atoms with Gasteiger partial charge in [-0.05, 0) is 77.9 Å². The van der Waals surface area contributed by atoms with Gasteiger partial charge >= 0.3 is 0 Å². The normalized spacial score (nSPS) is 12.5. The largest absolute Gasteiger partial charge is 0.497 e. The third-order valence-electron chi connectivity index (χ3n) is 7.30. The highest BCUT2D eigenvalue weighted by Crippen LogP contribution is 2.38. The Kier molecular flexibility index (Phi) is 10.0. The highest BCUT2D eigenvalue weighted by molar-refractivity contribution is 8.00. The first-order chi connectivity index (χ1) is 23.4. The van der Waals surface area contributed by atoms with Crippen molar-refractivity contribution in [2.24, 2.45) is 0 Å². The van der Waals surface area contributed by atoms with Gasteiger partial charge < -0.3 is 30.2 Å². The number of carbonyl (C=O) groups is 3. The van der Waals surface area contributed by atoms with Crippen molar-refractivity contribution in [3.63, 3.8) is 0 Å². The summed E-state index contributed by atoms with van der Waals surface area (Å²) in [4.78, 5) is 40.9. The minimum absolute atomic E-state index is 0.0665. The van der Waals surface area contributed by atoms with Crippen molar-refractivity contribution in [2.75, 3.05) is 24.5 Å². The second kappa shape index (κ2) is 15.1. The fraction of sp³-hybridized carbons (Fsp3) is 0.0789. The zero-order valence-corrected chi connectivity index (χ0v) is 26.7. The van der Waals surface area contributed by atoms with Crippen LogP contribution >= 0.6 is 11.8 Å². The lowest BCUT2D eigenvalue weighted by Gasteiger charge is -2.18. The second-order valence-electron chi connectivity index (χ2n) is 10.6. The van der Waals surface area contributed by atoms with Gasteiger partial charge in [0.05, 0.1) is 7.11 Å². The minimum Gasteiger partial charge on any atom is -0.497 e. The zero-order chi connectivity index (χ0) is 33.3. The fourth-order valence-electron chi connectivity index (χ4n) is 4.84. The number of ether oxygens (including phenoxy) is 3. The Balaban J connectivity index is 1.17. The van der Waals surface area contributed by atoms with Crippen LogP contribution in [-0.4, -0.2) is 31.6 Å². The summed E-state index contributed by atoms with van der Waals surface area (Å²) in [5.41, 5.74) is 3.13. The van der Waals surface area contributed by atoms with Crippen molar-refractivity contribution >= 4 is 46.9 Å². The summed E-state index contributed by atoms with van der Waals surface area (Å²) in [5, 5.41) is 8.05. The quantitative estimate of drug-likeness (QED) is 0.101. The van der Waals surface area contributed by atoms with Crippen LogP contribution in [0.3, 0.4) is 0 Å². The van der Waals surface area contributed by atoms with Gasteiger partial charge in [0, 0.05) is 27.9 Å². The number of hydrogen-bond acceptors (Lipinski definition) is 7. The summed E-state index contributed by atoms with van der Waals surface area (Å²) in [5.74, 6) is 0.769. The maximum absolute atomic E-state index is 13.6. The Morgan fingerprint density at radius 2 is 1.42 bits per heavy atom. The Morgan fingerprint density at radius 3 is 2.12 bits per heavy atom. The summed E-state index contributed by atoms with van der Waals surface area (Å²) in [6.45, 7) is 0.147. The standard InChI is InChI=1S/C38H31N3O6S/c1-45-30-17-12-25(13-18-30)22-32(41-36(42)27-10-6-3-7-11-27)37(43)39-28-14-19-31(20-15-28)48-35(26-8-4-2-5-9-26)38(44)40-29-16-21-33-34(23-29)47-24-46-33/h2-23,35H,24H2,1H3,(H,39,43)(H,40,44)(H,41,42)/b32-22-. The predicted octanol–water partition coefficient (Wildman–Crippen LogP) is 7.31. The summed E-state index contributed by atoms with van der Waals surface area (Å²) in [6, 6.07) is 37.7. The Morgan fingerprint density at radius 1 is 0.750 bits per heavy atom. The smallest absolute Gasteiger partial charge is 0.272 e. The van der Waals surface area contributed by atoms with E-state index >= 15 is 0 Å². The first-order valence-corrected chi connectivity index (χ1v) is 15.9. The van der Waals surface area contributed by atoms with E-state index in [0.29, 0.717) is 39.8 Å². The molecule has 0 bridgehead atoms. The van der Waals surface area contributed by atoms with Crippen molar-refractivity contribution in [3.8, 4) is 17.2 Å². The number of anilines is 2. The fourth-order valence-corrected chi connectivity index (χ4v) is 5.87. The van der Waals surface area contributed by atoms with Gasteiger partial charge in [0.15, 0.2) is 11.5 Å². The molecule has 6 rings (SSSR count). The van der Waals surface area contributed by atoms with E-state index in [0.717, 1.165) is 10.5 Å². The average molecular weight is 658 g/mol. The molecule has 1 aliphatic rings. The van der Waals surface area contributed by atoms with Gasteiger partial charge in [-0.15, -0.1) is 11.8 Å². The van der Waals surface area contributed by atoms with Crippen LogP contribution in [0.1, 0.15) is 26.7 Å². The van der Waals surface area contributed by atoms with Gasteiger partial charge in [-0.2, -0.15) is 0 Å². The molecule has 0 aromatic heterocycles. The van der Waals surface area contributed by atoms with E-state index in [-0.39, 0.29) is 18.4 Å². The van der Waals surface area contributed by atoms with Gasteiger partial charge in [-0.1, -0.05) is 60.7 Å². The Hall–Kier alpha value is -6.00. The Bertz CT molecular complexity index is 1930. The molecule has 1 atom stereocenters. The van der Waals surface area contributed by atoms with Crippen LogP contribution < -0.4 is 30.2 Å². The molecule has 0 spiro atoms. The van der Waals surface area contributed by atoms with E-state index in [1.165, 1.54) is 11.8 Å². The number of thioether (sulfide) groups is 1. The molecule has 3 N–H and O–H groups in total. The van der Waals surface area contributed by atoms with Gasteiger partial charge in [0.2, 0.25) is 12.7 Å². The van der Waals surface area contributed by atoms with E-state index in [1.54, 1.807) is 92.0 Å². The molecule has 1 heterocycles. The summed E-state index contributed by atoms with van der Waals surface area (Å²) in [7, 11) is 1.57. The topological polar surface area (TPSA) is 115 Å². The Labute approximate surface area is 281 Å². The molecule has 0 fully saturated rings. The molecule has 0 saturated carbocycles. The first kappa shape index (κ1) is 32.0. The van der Waals surface area contributed by atoms with Gasteiger partial charge in [0.1, 0.15) is 16.7 Å². The van der Waals surface area contributed by atoms with Gasteiger partial charge in [-0.25, -0.2) is 0 Å². The molecule has 10 heteroatoms. The maximum atomic E-state index is 13.6. The van der Waals surface area contributed by atoms with E-state index in [2.05, 4.69) is 16.0 Å². The summed E-state index contributed by atoms with van der Waals surface area (Å²) < 4.78 is 16.1. The van der Waals surface area contributed by atoms with Crippen LogP contribution in [0.4, 0.5) is 11.4 Å². The van der Waals surface area contributed by atoms with Crippen LogP contribution in [-0.2, 0) is 9.59 Å². The number of amides is 3. The molecule has 9 nitrogen and oxygen atoms in total. The van der Waals surface area contributed by atoms with Crippen molar-refractivity contribution in [2.45, 2.75) is 10.1 Å². The first-order valence-electron chi connectivity index (χ1n) is 15.0. The lowest BCUT2D eigenvalue weighted by Crippen LogP contribution is -2.30. The number of benzene rings is 5. The number of carbonyl (C=O) groups excluding carboxylic acids is 3. The zero-order valence-electron chi connectivity index (χ0n) is 25.8. The third kappa shape index (κ3) is 8.04. The van der Waals surface area contributed by atoms with Crippen LogP contribution in [0.5, 0.6) is 17.2 Å². The van der Waals surface area contributed by atoms with Crippen LogP contribution in [0, 0.1) is 0 Å². The van der Waals surface area contributed by atoms with Gasteiger partial charge in [-0.3, -0.25) is 14.4 Å². The number of nitrogens with one attached hydrogen (secondary N) is 3. The summed E-state index contributed by atoms with van der Waals surface area (Å²) >= 11 is 1.38. The molecule has 0 saturated heterocycles. The van der Waals surface area contributed by atoms with Crippen LogP contribution in [0.2, 0.25) is 0 Å². The number of hydrogen-bond donors (Lipinski definition) is 3. The third-order valence-corrected chi connectivity index (χ3v) is 8.57.